The van der Waals surface area contributed by atoms with Gasteiger partial charge in [-0.25, -0.2) is 0 Å². The summed E-state index contributed by atoms with van der Waals surface area (Å²) in [6.07, 6.45) is 3.45. The fraction of sp³-hybridized carbons (Fsp3) is 0.111. The number of hydrogen-bond donors (Lipinski definition) is 4. The van der Waals surface area contributed by atoms with Gasteiger partial charge in [0, 0.05) is 18.9 Å². The number of pyridine rings is 2. The minimum Gasteiger partial charge on any atom is -0.328 e. The van der Waals surface area contributed by atoms with Crippen LogP contribution in [0.5, 0.6) is 0 Å². The van der Waals surface area contributed by atoms with Gasteiger partial charge in [-0.05, 0) is 36.4 Å². The van der Waals surface area contributed by atoms with Gasteiger partial charge in [0.15, 0.2) is 0 Å². The molecular weight excluding hydrogens is 470 g/mol. The van der Waals surface area contributed by atoms with Crippen LogP contribution in [-0.4, -0.2) is 36.9 Å². The van der Waals surface area contributed by atoms with Gasteiger partial charge in [-0.1, -0.05) is 12.1 Å². The number of nitrogens with one attached hydrogen (secondary N) is 2. The van der Waals surface area contributed by atoms with Gasteiger partial charge in [-0.15, -0.1) is 49.6 Å². The summed E-state index contributed by atoms with van der Waals surface area (Å²) in [4.78, 5) is 8.63. The van der Waals surface area contributed by atoms with Crippen molar-refractivity contribution in [2.75, 3.05) is 6.54 Å². The summed E-state index contributed by atoms with van der Waals surface area (Å²) >= 11 is 0. The van der Waals surface area contributed by atoms with Crippen molar-refractivity contribution in [1.29, 1.82) is 0 Å². The summed E-state index contributed by atoms with van der Waals surface area (Å²) < 4.78 is 0. The second-order valence-corrected chi connectivity index (χ2v) is 5.94. The molecule has 4 heterocycles. The molecule has 162 valence electrons. The lowest BCUT2D eigenvalue weighted by Crippen LogP contribution is -2.45. The Morgan fingerprint density at radius 1 is 0.733 bits per heavy atom. The average molecular weight is 492 g/mol. The number of halogens is 4. The van der Waals surface area contributed by atoms with Gasteiger partial charge in [0.05, 0.1) is 34.2 Å². The molecule has 0 saturated heterocycles. The van der Waals surface area contributed by atoms with E-state index in [0.29, 0.717) is 11.4 Å². The monoisotopic (exact) mass is 490 g/mol. The minimum atomic E-state index is -1.03. The molecule has 8 nitrogen and oxygen atoms in total. The number of rotatable bonds is 5. The molecule has 0 aliphatic rings. The highest BCUT2D eigenvalue weighted by Gasteiger charge is 2.34. The number of aromatic nitrogens is 6. The third-order valence-corrected chi connectivity index (χ3v) is 4.27. The van der Waals surface area contributed by atoms with E-state index in [1.54, 1.807) is 12.4 Å². The van der Waals surface area contributed by atoms with E-state index < -0.39 is 5.54 Å². The van der Waals surface area contributed by atoms with E-state index in [2.05, 4.69) is 30.4 Å². The van der Waals surface area contributed by atoms with Crippen molar-refractivity contribution in [3.63, 3.8) is 0 Å². The molecule has 4 rings (SSSR count). The van der Waals surface area contributed by atoms with E-state index in [4.69, 9.17) is 11.5 Å². The number of H-pyrrole nitrogens is 2. The zero-order valence-corrected chi connectivity index (χ0v) is 18.8. The Morgan fingerprint density at radius 2 is 1.17 bits per heavy atom. The first-order chi connectivity index (χ1) is 12.7. The molecule has 0 aromatic carbocycles. The summed E-state index contributed by atoms with van der Waals surface area (Å²) in [5.41, 5.74) is 15.8. The Kier molecular flexibility index (Phi) is 11.0. The Hall–Kier alpha value is -2.20. The summed E-state index contributed by atoms with van der Waals surface area (Å²) in [5, 5.41) is 14.7. The van der Waals surface area contributed by atoms with Crippen LogP contribution in [0.25, 0.3) is 22.8 Å². The van der Waals surface area contributed by atoms with Crippen molar-refractivity contribution in [3.05, 3.63) is 72.3 Å². The highest BCUT2D eigenvalue weighted by atomic mass is 35.5. The predicted molar refractivity (Wildman–Crippen MR) is 127 cm³/mol. The zero-order chi connectivity index (χ0) is 18.0. The maximum absolute atomic E-state index is 6.59. The molecule has 0 radical (unpaired) electrons. The van der Waals surface area contributed by atoms with Crippen LogP contribution in [0.15, 0.2) is 60.9 Å². The van der Waals surface area contributed by atoms with Gasteiger partial charge < -0.3 is 11.5 Å². The van der Waals surface area contributed by atoms with Crippen LogP contribution < -0.4 is 11.5 Å². The molecule has 0 unspecified atom stereocenters. The third kappa shape index (κ3) is 5.28. The number of aromatic amines is 2. The Balaban J connectivity index is 0.00000210. The van der Waals surface area contributed by atoms with Gasteiger partial charge >= 0.3 is 0 Å². The molecule has 0 amide bonds. The van der Waals surface area contributed by atoms with E-state index in [1.165, 1.54) is 0 Å². The smallest absolute Gasteiger partial charge is 0.117 e. The van der Waals surface area contributed by atoms with Gasteiger partial charge in [0.2, 0.25) is 0 Å². The van der Waals surface area contributed by atoms with Gasteiger partial charge in [-0.2, -0.15) is 10.2 Å². The standard InChI is InChI=1S/C18H18N8.4ClH/c19-11-18(20,16-9-14(23-25-16)12-5-1-3-7-21-12)17-10-15(24-26-17)13-6-2-4-8-22-13;;;;/h1-10H,11,19-20H2,(H,23,25)(H,24,26);4*1H. The average Bonchev–Trinajstić information content (AvgIpc) is 3.39. The largest absolute Gasteiger partial charge is 0.328 e. The maximum Gasteiger partial charge on any atom is 0.117 e. The summed E-state index contributed by atoms with van der Waals surface area (Å²) in [5.74, 6) is 0. The molecule has 6 N–H and O–H groups in total. The quantitative estimate of drug-likeness (QED) is 0.338. The second kappa shape index (κ2) is 11.8. The number of nitrogens with two attached hydrogens (primary N) is 2. The van der Waals surface area contributed by atoms with Gasteiger partial charge in [0.25, 0.3) is 0 Å². The van der Waals surface area contributed by atoms with E-state index >= 15 is 0 Å². The topological polar surface area (TPSA) is 135 Å². The van der Waals surface area contributed by atoms with Crippen LogP contribution in [-0.2, 0) is 5.54 Å². The van der Waals surface area contributed by atoms with Gasteiger partial charge in [-0.3, -0.25) is 20.2 Å². The summed E-state index contributed by atoms with van der Waals surface area (Å²) in [6.45, 7) is 0.145. The molecule has 0 bridgehead atoms. The van der Waals surface area contributed by atoms with Crippen LogP contribution in [0.1, 0.15) is 11.4 Å². The lowest BCUT2D eigenvalue weighted by atomic mass is 9.92. The van der Waals surface area contributed by atoms with Crippen molar-refractivity contribution in [2.24, 2.45) is 11.5 Å². The SMILES string of the molecule is Cl.Cl.Cl.Cl.NCC(N)(c1cc(-c2ccccn2)[nH]n1)c1cc(-c2ccccn2)[nH]n1. The first-order valence-electron chi connectivity index (χ1n) is 8.14. The molecule has 0 saturated carbocycles. The van der Waals surface area contributed by atoms with Crippen molar-refractivity contribution in [1.82, 2.24) is 30.4 Å². The molecule has 4 aromatic rings. The fourth-order valence-corrected chi connectivity index (χ4v) is 2.75. The van der Waals surface area contributed by atoms with Crippen molar-refractivity contribution in [2.45, 2.75) is 5.54 Å². The van der Waals surface area contributed by atoms with Crippen LogP contribution in [0.2, 0.25) is 0 Å². The lowest BCUT2D eigenvalue weighted by Gasteiger charge is -2.23. The Morgan fingerprint density at radius 3 is 1.50 bits per heavy atom. The number of hydrogen-bond acceptors (Lipinski definition) is 6. The molecule has 0 aliphatic carbocycles. The Bertz CT molecular complexity index is 929. The first-order valence-corrected chi connectivity index (χ1v) is 8.14. The van der Waals surface area contributed by atoms with E-state index in [1.807, 2.05) is 48.5 Å². The van der Waals surface area contributed by atoms with Crippen LogP contribution in [0, 0.1) is 0 Å². The lowest BCUT2D eigenvalue weighted by molar-refractivity contribution is 0.515. The van der Waals surface area contributed by atoms with E-state index in [0.717, 1.165) is 22.8 Å². The first kappa shape index (κ1) is 27.8. The van der Waals surface area contributed by atoms with Crippen LogP contribution in [0.3, 0.4) is 0 Å². The van der Waals surface area contributed by atoms with Crippen molar-refractivity contribution < 1.29 is 0 Å². The molecule has 30 heavy (non-hydrogen) atoms. The predicted octanol–water partition coefficient (Wildman–Crippen LogP) is 3.10. The van der Waals surface area contributed by atoms with Crippen LogP contribution >= 0.6 is 49.6 Å². The van der Waals surface area contributed by atoms with Crippen molar-refractivity contribution in [3.8, 4) is 22.8 Å². The maximum atomic E-state index is 6.59. The molecule has 0 atom stereocenters. The number of nitrogens with zero attached hydrogens (tertiary/aromatic N) is 4. The molecular formula is C18H22Cl4N8. The van der Waals surface area contributed by atoms with Crippen molar-refractivity contribution >= 4 is 49.6 Å². The zero-order valence-electron chi connectivity index (χ0n) is 15.6. The summed E-state index contributed by atoms with van der Waals surface area (Å²) in [6, 6.07) is 15.0. The van der Waals surface area contributed by atoms with Gasteiger partial charge in [0.1, 0.15) is 5.54 Å². The van der Waals surface area contributed by atoms with E-state index in [-0.39, 0.29) is 56.2 Å². The molecule has 0 spiro atoms. The molecule has 0 fully saturated rings. The fourth-order valence-electron chi connectivity index (χ4n) is 2.75. The molecule has 4 aromatic heterocycles. The Labute approximate surface area is 198 Å². The van der Waals surface area contributed by atoms with Crippen LogP contribution in [0.4, 0.5) is 0 Å². The highest BCUT2D eigenvalue weighted by Crippen LogP contribution is 2.28. The molecule has 12 heteroatoms. The molecule has 0 aliphatic heterocycles. The minimum absolute atomic E-state index is 0. The normalized spacial score (nSPS) is 10.1. The second-order valence-electron chi connectivity index (χ2n) is 5.94. The highest BCUT2D eigenvalue weighted by molar-refractivity contribution is 5.86. The third-order valence-electron chi connectivity index (χ3n) is 4.27. The summed E-state index contributed by atoms with van der Waals surface area (Å²) in [7, 11) is 0. The van der Waals surface area contributed by atoms with E-state index in [9.17, 15) is 0 Å².